The highest BCUT2D eigenvalue weighted by Gasteiger charge is 2.48. The van der Waals surface area contributed by atoms with Gasteiger partial charge in [-0.3, -0.25) is 14.6 Å². The number of sulfone groups is 1. The maximum absolute atomic E-state index is 14.3. The molecule has 3 aliphatic heterocycles. The number of amides is 1. The van der Waals surface area contributed by atoms with Crippen LogP contribution < -0.4 is 20.3 Å². The summed E-state index contributed by atoms with van der Waals surface area (Å²) in [7, 11) is -10.9. The van der Waals surface area contributed by atoms with Crippen molar-refractivity contribution in [3.8, 4) is 0 Å². The highest BCUT2D eigenvalue weighted by Crippen LogP contribution is 2.44. The van der Waals surface area contributed by atoms with E-state index < -0.39 is 52.8 Å². The summed E-state index contributed by atoms with van der Waals surface area (Å²) in [4.78, 5) is 21.8. The Morgan fingerprint density at radius 1 is 0.890 bits per heavy atom. The molecule has 8 rings (SSSR count). The zero-order chi connectivity index (χ0) is 51.1. The summed E-state index contributed by atoms with van der Waals surface area (Å²) >= 11 is 7.74. The van der Waals surface area contributed by atoms with E-state index in [-0.39, 0.29) is 29.5 Å². The molecule has 4 aromatic rings. The van der Waals surface area contributed by atoms with E-state index in [0.29, 0.717) is 49.5 Å². The van der Waals surface area contributed by atoms with Gasteiger partial charge < -0.3 is 25.2 Å². The number of rotatable bonds is 18. The zero-order valence-corrected chi connectivity index (χ0v) is 45.2. The third kappa shape index (κ3) is 14.9. The van der Waals surface area contributed by atoms with Crippen LogP contribution in [0.2, 0.25) is 5.02 Å². The number of nitrogens with one attached hydrogen (secondary N) is 3. The van der Waals surface area contributed by atoms with Crippen LogP contribution in [-0.4, -0.2) is 153 Å². The fourth-order valence-corrected chi connectivity index (χ4v) is 13.3. The number of halogens is 5. The van der Waals surface area contributed by atoms with E-state index in [4.69, 9.17) is 16.3 Å². The van der Waals surface area contributed by atoms with Crippen molar-refractivity contribution in [3.63, 3.8) is 0 Å². The van der Waals surface area contributed by atoms with Gasteiger partial charge in [0.1, 0.15) is 4.90 Å². The van der Waals surface area contributed by atoms with Gasteiger partial charge in [0, 0.05) is 118 Å². The van der Waals surface area contributed by atoms with E-state index in [9.17, 15) is 34.8 Å². The summed E-state index contributed by atoms with van der Waals surface area (Å²) in [5.74, 6) is -0.659. The molecule has 3 N–H and O–H groups in total. The molecule has 21 heteroatoms. The minimum absolute atomic E-state index is 0. The number of thioether (sulfide) groups is 1. The van der Waals surface area contributed by atoms with Gasteiger partial charge in [-0.15, -0.1) is 24.2 Å². The third-order valence-electron chi connectivity index (χ3n) is 14.1. The highest BCUT2D eigenvalue weighted by atomic mass is 35.5. The number of carbonyl (C=O) groups is 1. The summed E-state index contributed by atoms with van der Waals surface area (Å²) < 4.78 is 104. The molecule has 0 saturated carbocycles. The number of morpholine rings is 1. The van der Waals surface area contributed by atoms with Crippen LogP contribution in [-0.2, 0) is 24.6 Å². The van der Waals surface area contributed by atoms with Crippen molar-refractivity contribution in [1.29, 1.82) is 0 Å². The first-order valence-corrected chi connectivity index (χ1v) is 29.0. The fourth-order valence-electron chi connectivity index (χ4n) is 10.2. The molecule has 3 saturated heterocycles. The molecule has 3 heterocycles. The number of ether oxygens (including phenoxy) is 1. The Kier molecular flexibility index (Phi) is 19.3. The van der Waals surface area contributed by atoms with E-state index in [0.717, 1.165) is 107 Å². The Hall–Kier alpha value is -3.89. The Balaban J connectivity index is 0.00000780. The molecule has 13 nitrogen and oxygen atoms in total. The lowest BCUT2D eigenvalue weighted by molar-refractivity contribution is -0.0435. The van der Waals surface area contributed by atoms with Crippen LogP contribution in [0.5, 0.6) is 0 Å². The number of alkyl halides is 3. The van der Waals surface area contributed by atoms with Crippen LogP contribution in [0.15, 0.2) is 117 Å². The molecule has 4 aromatic carbocycles. The predicted octanol–water partition coefficient (Wildman–Crippen LogP) is 8.53. The van der Waals surface area contributed by atoms with Crippen LogP contribution in [0, 0.1) is 5.41 Å². The molecule has 1 unspecified atom stereocenters. The maximum atomic E-state index is 14.3. The van der Waals surface area contributed by atoms with Crippen molar-refractivity contribution >= 4 is 78.5 Å². The molecule has 3 fully saturated rings. The summed E-state index contributed by atoms with van der Waals surface area (Å²) in [5.41, 5.74) is -1.03. The Labute approximate surface area is 444 Å². The largest absolute Gasteiger partial charge is 0.501 e. The minimum atomic E-state index is -6.07. The topological polar surface area (TPSA) is 144 Å². The van der Waals surface area contributed by atoms with Crippen LogP contribution in [0.4, 0.5) is 24.5 Å². The maximum Gasteiger partial charge on any atom is 0.501 e. The first kappa shape index (κ1) is 56.8. The van der Waals surface area contributed by atoms with Gasteiger partial charge in [-0.1, -0.05) is 54.4 Å². The number of benzene rings is 4. The van der Waals surface area contributed by atoms with Crippen LogP contribution in [0.25, 0.3) is 5.57 Å². The van der Waals surface area contributed by atoms with Gasteiger partial charge in [0.15, 0.2) is 0 Å². The van der Waals surface area contributed by atoms with Gasteiger partial charge in [0.2, 0.25) is 0 Å². The van der Waals surface area contributed by atoms with Crippen LogP contribution in [0.3, 0.4) is 0 Å². The van der Waals surface area contributed by atoms with Crippen LogP contribution in [0.1, 0.15) is 55.5 Å². The fraction of sp³-hybridized carbons (Fsp3) is 0.481. The number of hydrogen-bond donors (Lipinski definition) is 3. The molecule has 1 amide bonds. The Bertz CT molecular complexity index is 2750. The van der Waals surface area contributed by atoms with Gasteiger partial charge >= 0.3 is 5.51 Å². The number of nitrogens with zero attached hydrogens (tertiary/aromatic N) is 4. The lowest BCUT2D eigenvalue weighted by Gasteiger charge is -2.43. The molecular formula is C52H66Cl2F3N7O6S3. The molecule has 0 spiro atoms. The number of hydrogen-bond acceptors (Lipinski definition) is 13. The van der Waals surface area contributed by atoms with E-state index in [2.05, 4.69) is 49.3 Å². The van der Waals surface area contributed by atoms with E-state index in [1.54, 1.807) is 12.1 Å². The lowest BCUT2D eigenvalue weighted by atomic mass is 9.71. The number of carbonyl (C=O) groups excluding carboxylic acids is 1. The van der Waals surface area contributed by atoms with Gasteiger partial charge in [-0.05, 0) is 116 Å². The summed E-state index contributed by atoms with van der Waals surface area (Å²) in [6.07, 6.45) is 3.60. The summed E-state index contributed by atoms with van der Waals surface area (Å²) in [6.45, 7) is 16.0. The number of allylic oxidation sites excluding steroid dienone is 1. The van der Waals surface area contributed by atoms with Crippen molar-refractivity contribution in [2.75, 3.05) is 108 Å². The first-order chi connectivity index (χ1) is 34.3. The lowest BCUT2D eigenvalue weighted by Crippen LogP contribution is -2.49. The first-order valence-electron chi connectivity index (χ1n) is 24.6. The minimum Gasteiger partial charge on any atom is -0.380 e. The number of anilines is 2. The molecule has 4 aliphatic rings. The van der Waals surface area contributed by atoms with E-state index in [1.807, 2.05) is 54.1 Å². The average Bonchev–Trinajstić information content (AvgIpc) is 3.35. The van der Waals surface area contributed by atoms with Gasteiger partial charge in [-0.25, -0.2) is 21.6 Å². The monoisotopic (exact) mass is 1110 g/mol. The van der Waals surface area contributed by atoms with Crippen molar-refractivity contribution < 1.29 is 39.5 Å². The van der Waals surface area contributed by atoms with Crippen molar-refractivity contribution in [3.05, 3.63) is 119 Å². The van der Waals surface area contributed by atoms with Crippen molar-refractivity contribution in [2.45, 2.75) is 71.9 Å². The van der Waals surface area contributed by atoms with Crippen molar-refractivity contribution in [1.82, 2.24) is 24.7 Å². The predicted molar refractivity (Wildman–Crippen MR) is 287 cm³/mol. The quantitative estimate of drug-likeness (QED) is 0.0821. The molecule has 3 atom stereocenters. The van der Waals surface area contributed by atoms with E-state index >= 15 is 0 Å². The SMILES string of the molecule is CC1CN(CC[C@H](CSc2ccccc2)Nc2ccc(S(=O)(=O)NC(=O)c3ccc(N4CCN(CC5=C(c6ccc(Cl)cc6)CC[C@@](C)(CN6CCNCC6)C5)CC4)cc3)cc2S(=O)(=O)C(F)(F)F)CCO1.Cl. The Morgan fingerprint density at radius 2 is 1.59 bits per heavy atom. The second-order valence-electron chi connectivity index (χ2n) is 19.7. The van der Waals surface area contributed by atoms with Crippen LogP contribution >= 0.6 is 35.8 Å². The molecule has 0 bridgehead atoms. The molecule has 1 aliphatic carbocycles. The Morgan fingerprint density at radius 3 is 2.26 bits per heavy atom. The molecule has 0 aromatic heterocycles. The number of sulfonamides is 1. The molecule has 398 valence electrons. The third-order valence-corrected chi connectivity index (χ3v) is 18.4. The molecule has 0 radical (unpaired) electrons. The second kappa shape index (κ2) is 24.8. The highest BCUT2D eigenvalue weighted by molar-refractivity contribution is 7.99. The van der Waals surface area contributed by atoms with E-state index in [1.165, 1.54) is 40.6 Å². The smallest absolute Gasteiger partial charge is 0.380 e. The number of piperazine rings is 2. The zero-order valence-electron chi connectivity index (χ0n) is 41.2. The van der Waals surface area contributed by atoms with Gasteiger partial charge in [-0.2, -0.15) is 13.2 Å². The molecule has 73 heavy (non-hydrogen) atoms. The summed E-state index contributed by atoms with van der Waals surface area (Å²) in [5, 5.41) is 7.20. The second-order valence-corrected chi connectivity index (χ2v) is 24.8. The standard InChI is InChI=1S/C52H65ClF3N7O6S3.ClH/c1-38-34-60(30-31-69-38)23-19-43(36-70-45-6-4-3-5-7-45)58-48-17-16-46(32-49(48)71(65,66)52(54,55)56)72(67,68)59-50(64)40-10-14-44(15-11-40)63-28-26-61(27-29-63)35-41-33-51(2,37-62-24-21-57-22-25-62)20-18-47(41)39-8-12-42(53)13-9-39;/h3-17,32,38,43,57-58H,18-31,33-37H2,1-2H3,(H,59,64);1H/t38?,43-,51-;/m1./s1. The van der Waals surface area contributed by atoms with Gasteiger partial charge in [0.05, 0.1) is 23.3 Å². The summed E-state index contributed by atoms with van der Waals surface area (Å²) in [6, 6.07) is 26.0. The van der Waals surface area contributed by atoms with Crippen molar-refractivity contribution in [2.24, 2.45) is 5.41 Å². The molecular weight excluding hydrogens is 1040 g/mol. The normalized spacial score (nSPS) is 21.3. The average molecular weight is 1110 g/mol. The van der Waals surface area contributed by atoms with Gasteiger partial charge in [0.25, 0.3) is 25.8 Å².